The summed E-state index contributed by atoms with van der Waals surface area (Å²) >= 11 is 0. The van der Waals surface area contributed by atoms with Crippen LogP contribution in [0.4, 0.5) is 5.69 Å². The number of hydrogen-bond donors (Lipinski definition) is 1. The minimum atomic E-state index is -1.06. The average Bonchev–Trinajstić information content (AvgIpc) is 2.73. The summed E-state index contributed by atoms with van der Waals surface area (Å²) in [6.07, 6.45) is -0.911. The summed E-state index contributed by atoms with van der Waals surface area (Å²) in [5, 5.41) is 11.3. The van der Waals surface area contributed by atoms with E-state index in [9.17, 15) is 14.4 Å². The molecule has 7 nitrogen and oxygen atoms in total. The molecule has 0 aromatic heterocycles. The fraction of sp³-hybridized carbons (Fsp3) is 0.273. The van der Waals surface area contributed by atoms with Gasteiger partial charge in [-0.1, -0.05) is 35.9 Å². The number of anilines is 1. The van der Waals surface area contributed by atoms with Crippen LogP contribution in [-0.2, 0) is 14.3 Å². The van der Waals surface area contributed by atoms with Gasteiger partial charge in [-0.25, -0.2) is 0 Å². The molecule has 2 amide bonds. The van der Waals surface area contributed by atoms with E-state index in [1.165, 1.54) is 11.8 Å². The van der Waals surface area contributed by atoms with Crippen LogP contribution in [-0.4, -0.2) is 37.0 Å². The van der Waals surface area contributed by atoms with Gasteiger partial charge < -0.3 is 15.0 Å². The zero-order valence-corrected chi connectivity index (χ0v) is 16.4. The van der Waals surface area contributed by atoms with Crippen LogP contribution in [0.1, 0.15) is 29.3 Å². The molecular weight excluding hydrogens is 370 g/mol. The van der Waals surface area contributed by atoms with Crippen LogP contribution < -0.4 is 10.2 Å². The number of carbonyl (C=O) groups is 3. The summed E-state index contributed by atoms with van der Waals surface area (Å²) in [6, 6.07) is 17.8. The minimum Gasteiger partial charge on any atom is -0.451 e. The Labute approximate surface area is 169 Å². The largest absolute Gasteiger partial charge is 0.451 e. The fourth-order valence-electron chi connectivity index (χ4n) is 2.60. The molecule has 0 fully saturated rings. The van der Waals surface area contributed by atoms with Crippen LogP contribution in [0, 0.1) is 18.3 Å². The number of esters is 1. The van der Waals surface area contributed by atoms with Gasteiger partial charge in [0.25, 0.3) is 11.8 Å². The lowest BCUT2D eigenvalue weighted by Crippen LogP contribution is -2.42. The van der Waals surface area contributed by atoms with Gasteiger partial charge in [-0.3, -0.25) is 14.4 Å². The normalized spacial score (nSPS) is 11.1. The molecule has 2 aromatic carbocycles. The SMILES string of the molecule is Cc1ccc(C(=O)NCC(=O)OC(C)C(=O)N(CCC#N)c2ccccc2)cc1. The third kappa shape index (κ3) is 6.47. The van der Waals surface area contributed by atoms with E-state index in [2.05, 4.69) is 5.32 Å². The summed E-state index contributed by atoms with van der Waals surface area (Å²) in [5.74, 6) is -1.56. The molecule has 150 valence electrons. The van der Waals surface area contributed by atoms with Gasteiger partial charge in [0.2, 0.25) is 0 Å². The summed E-state index contributed by atoms with van der Waals surface area (Å²) in [4.78, 5) is 38.3. The third-order valence-corrected chi connectivity index (χ3v) is 4.14. The van der Waals surface area contributed by atoms with Gasteiger partial charge in [0, 0.05) is 17.8 Å². The number of carbonyl (C=O) groups excluding carboxylic acids is 3. The first kappa shape index (κ1) is 21.6. The molecular formula is C22H23N3O4. The van der Waals surface area contributed by atoms with Crippen LogP contribution in [0.25, 0.3) is 0 Å². The van der Waals surface area contributed by atoms with Crippen LogP contribution in [0.15, 0.2) is 54.6 Å². The van der Waals surface area contributed by atoms with Crippen molar-refractivity contribution in [2.45, 2.75) is 26.4 Å². The van der Waals surface area contributed by atoms with E-state index < -0.39 is 23.9 Å². The fourth-order valence-corrected chi connectivity index (χ4v) is 2.60. The third-order valence-electron chi connectivity index (χ3n) is 4.14. The highest BCUT2D eigenvalue weighted by Crippen LogP contribution is 2.16. The van der Waals surface area contributed by atoms with Gasteiger partial charge >= 0.3 is 5.97 Å². The van der Waals surface area contributed by atoms with E-state index >= 15 is 0 Å². The van der Waals surface area contributed by atoms with Crippen LogP contribution in [0.2, 0.25) is 0 Å². The number of benzene rings is 2. The lowest BCUT2D eigenvalue weighted by atomic mass is 10.1. The van der Waals surface area contributed by atoms with Gasteiger partial charge in [0.1, 0.15) is 6.54 Å². The molecule has 2 aromatic rings. The number of nitrogens with zero attached hydrogens (tertiary/aromatic N) is 2. The molecule has 0 aliphatic carbocycles. The number of nitrogens with one attached hydrogen (secondary N) is 1. The second-order valence-electron chi connectivity index (χ2n) is 6.41. The molecule has 0 radical (unpaired) electrons. The maximum absolute atomic E-state index is 12.7. The lowest BCUT2D eigenvalue weighted by molar-refractivity contribution is -0.152. The van der Waals surface area contributed by atoms with Crippen molar-refractivity contribution in [2.75, 3.05) is 18.0 Å². The van der Waals surface area contributed by atoms with Crippen molar-refractivity contribution < 1.29 is 19.1 Å². The van der Waals surface area contributed by atoms with Crippen molar-refractivity contribution in [3.63, 3.8) is 0 Å². The Balaban J connectivity index is 1.92. The predicted octanol–water partition coefficient (Wildman–Crippen LogP) is 2.60. The monoisotopic (exact) mass is 393 g/mol. The standard InChI is InChI=1S/C22H23N3O4/c1-16-9-11-18(12-10-16)21(27)24-15-20(26)29-17(2)22(28)25(14-6-13-23)19-7-4-3-5-8-19/h3-5,7-12,17H,6,14-15H2,1-2H3,(H,24,27). The summed E-state index contributed by atoms with van der Waals surface area (Å²) in [5.41, 5.74) is 2.07. The van der Waals surface area contributed by atoms with E-state index in [1.807, 2.05) is 19.1 Å². The first-order valence-electron chi connectivity index (χ1n) is 9.20. The molecule has 0 spiro atoms. The first-order chi connectivity index (χ1) is 13.9. The summed E-state index contributed by atoms with van der Waals surface area (Å²) in [6.45, 7) is 3.20. The quantitative estimate of drug-likeness (QED) is 0.695. The van der Waals surface area contributed by atoms with Gasteiger partial charge in [0.05, 0.1) is 12.5 Å². The van der Waals surface area contributed by atoms with Gasteiger partial charge in [-0.15, -0.1) is 0 Å². The number of ether oxygens (including phenoxy) is 1. The van der Waals surface area contributed by atoms with E-state index in [0.717, 1.165) is 5.56 Å². The average molecular weight is 393 g/mol. The van der Waals surface area contributed by atoms with Crippen molar-refractivity contribution in [3.8, 4) is 6.07 Å². The van der Waals surface area contributed by atoms with Crippen LogP contribution >= 0.6 is 0 Å². The van der Waals surface area contributed by atoms with E-state index in [4.69, 9.17) is 10.00 Å². The molecule has 7 heteroatoms. The molecule has 0 bridgehead atoms. The second-order valence-corrected chi connectivity index (χ2v) is 6.41. The lowest BCUT2D eigenvalue weighted by Gasteiger charge is -2.25. The minimum absolute atomic E-state index is 0.147. The molecule has 0 aliphatic rings. The molecule has 0 heterocycles. The summed E-state index contributed by atoms with van der Waals surface area (Å²) in [7, 11) is 0. The Bertz CT molecular complexity index is 889. The Hall–Kier alpha value is -3.66. The molecule has 1 N–H and O–H groups in total. The molecule has 1 unspecified atom stereocenters. The highest BCUT2D eigenvalue weighted by molar-refractivity contribution is 5.98. The molecule has 0 saturated carbocycles. The zero-order valence-electron chi connectivity index (χ0n) is 16.4. The molecule has 2 rings (SSSR count). The van der Waals surface area contributed by atoms with Gasteiger partial charge in [0.15, 0.2) is 6.10 Å². The first-order valence-corrected chi connectivity index (χ1v) is 9.20. The maximum atomic E-state index is 12.7. The smallest absolute Gasteiger partial charge is 0.326 e. The molecule has 29 heavy (non-hydrogen) atoms. The highest BCUT2D eigenvalue weighted by atomic mass is 16.5. The number of amides is 2. The summed E-state index contributed by atoms with van der Waals surface area (Å²) < 4.78 is 5.17. The number of aryl methyl sites for hydroxylation is 1. The number of hydrogen-bond acceptors (Lipinski definition) is 5. The number of para-hydroxylation sites is 1. The number of nitriles is 1. The Morgan fingerprint density at radius 3 is 2.38 bits per heavy atom. The maximum Gasteiger partial charge on any atom is 0.326 e. The van der Waals surface area contributed by atoms with Crippen molar-refractivity contribution in [1.82, 2.24) is 5.32 Å². The van der Waals surface area contributed by atoms with Crippen molar-refractivity contribution >= 4 is 23.5 Å². The van der Waals surface area contributed by atoms with E-state index in [0.29, 0.717) is 11.3 Å². The van der Waals surface area contributed by atoms with E-state index in [1.54, 1.807) is 48.5 Å². The van der Waals surface area contributed by atoms with E-state index in [-0.39, 0.29) is 19.5 Å². The Morgan fingerprint density at radius 2 is 1.76 bits per heavy atom. The Kier molecular flexibility index (Phi) is 7.92. The van der Waals surface area contributed by atoms with Crippen molar-refractivity contribution in [3.05, 3.63) is 65.7 Å². The Morgan fingerprint density at radius 1 is 1.10 bits per heavy atom. The zero-order chi connectivity index (χ0) is 21.2. The second kappa shape index (κ2) is 10.6. The van der Waals surface area contributed by atoms with Crippen LogP contribution in [0.5, 0.6) is 0 Å². The predicted molar refractivity (Wildman–Crippen MR) is 108 cm³/mol. The molecule has 1 atom stereocenters. The van der Waals surface area contributed by atoms with Gasteiger partial charge in [-0.2, -0.15) is 5.26 Å². The van der Waals surface area contributed by atoms with Crippen molar-refractivity contribution in [2.24, 2.45) is 0 Å². The van der Waals surface area contributed by atoms with Crippen LogP contribution in [0.3, 0.4) is 0 Å². The van der Waals surface area contributed by atoms with Crippen molar-refractivity contribution in [1.29, 1.82) is 5.26 Å². The van der Waals surface area contributed by atoms with Gasteiger partial charge in [-0.05, 0) is 38.1 Å². The number of rotatable bonds is 8. The molecule has 0 aliphatic heterocycles. The topological polar surface area (TPSA) is 99.5 Å². The molecule has 0 saturated heterocycles. The highest BCUT2D eigenvalue weighted by Gasteiger charge is 2.25.